The van der Waals surface area contributed by atoms with E-state index < -0.39 is 10.8 Å². The second-order valence-corrected chi connectivity index (χ2v) is 20.0. The van der Waals surface area contributed by atoms with Crippen molar-refractivity contribution in [1.29, 1.82) is 0 Å². The number of rotatable bonds is 7. The van der Waals surface area contributed by atoms with E-state index in [1.54, 1.807) is 0 Å². The summed E-state index contributed by atoms with van der Waals surface area (Å²) in [5.74, 6) is 0. The van der Waals surface area contributed by atoms with Crippen LogP contribution in [0.1, 0.15) is 97.2 Å². The van der Waals surface area contributed by atoms with Gasteiger partial charge in [0.1, 0.15) is 0 Å². The fourth-order valence-corrected chi connectivity index (χ4v) is 11.4. The topological polar surface area (TPSA) is 3.24 Å². The monoisotopic (exact) mass is 837 g/mol. The van der Waals surface area contributed by atoms with Crippen molar-refractivity contribution in [1.82, 2.24) is 0 Å². The van der Waals surface area contributed by atoms with Crippen molar-refractivity contribution in [3.8, 4) is 22.3 Å². The molecule has 9 aromatic carbocycles. The molecule has 316 valence electrons. The molecule has 2 unspecified atom stereocenters. The van der Waals surface area contributed by atoms with Gasteiger partial charge < -0.3 is 4.90 Å². The summed E-state index contributed by atoms with van der Waals surface area (Å²) in [6, 6.07) is 84.9. The predicted molar refractivity (Wildman–Crippen MR) is 273 cm³/mol. The maximum atomic E-state index is 2.60. The van der Waals surface area contributed by atoms with Gasteiger partial charge in [0.25, 0.3) is 0 Å². The zero-order valence-electron chi connectivity index (χ0n) is 38.3. The van der Waals surface area contributed by atoms with Crippen molar-refractivity contribution in [3.63, 3.8) is 0 Å². The molecule has 65 heavy (non-hydrogen) atoms. The fraction of sp³-hybridized carbons (Fsp3) is 0.156. The average molecular weight is 838 g/mol. The van der Waals surface area contributed by atoms with Crippen LogP contribution < -0.4 is 4.90 Å². The highest BCUT2D eigenvalue weighted by atomic mass is 15.2. The summed E-state index contributed by atoms with van der Waals surface area (Å²) in [6.07, 6.45) is 0. The van der Waals surface area contributed by atoms with Gasteiger partial charge in [-0.15, -0.1) is 0 Å². The van der Waals surface area contributed by atoms with E-state index in [2.05, 4.69) is 271 Å². The fourth-order valence-electron chi connectivity index (χ4n) is 11.4. The molecule has 0 radical (unpaired) electrons. The summed E-state index contributed by atoms with van der Waals surface area (Å²) >= 11 is 0. The molecular formula is C64H55N. The average Bonchev–Trinajstić information content (AvgIpc) is 3.82. The van der Waals surface area contributed by atoms with Crippen LogP contribution in [0.25, 0.3) is 22.3 Å². The molecule has 0 aliphatic heterocycles. The number of benzene rings is 9. The molecule has 0 saturated heterocycles. The van der Waals surface area contributed by atoms with E-state index in [4.69, 9.17) is 0 Å². The van der Waals surface area contributed by atoms with Gasteiger partial charge in [0.2, 0.25) is 0 Å². The molecule has 0 bridgehead atoms. The third kappa shape index (κ3) is 6.13. The third-order valence-corrected chi connectivity index (χ3v) is 14.4. The quantitative estimate of drug-likeness (QED) is 0.155. The van der Waals surface area contributed by atoms with Gasteiger partial charge in [-0.05, 0) is 102 Å². The minimum atomic E-state index is -0.632. The molecule has 0 aromatic heterocycles. The Labute approximate surface area is 385 Å². The van der Waals surface area contributed by atoms with E-state index in [0.29, 0.717) is 0 Å². The van der Waals surface area contributed by atoms with Gasteiger partial charge in [-0.2, -0.15) is 0 Å². The van der Waals surface area contributed by atoms with Crippen LogP contribution in [0.15, 0.2) is 224 Å². The summed E-state index contributed by atoms with van der Waals surface area (Å²) in [4.78, 5) is 2.60. The molecule has 2 aliphatic rings. The van der Waals surface area contributed by atoms with Crippen molar-refractivity contribution in [2.75, 3.05) is 4.90 Å². The smallest absolute Gasteiger partial charge is 0.0734 e. The number of fused-ring (bicyclic) bond motifs is 6. The minimum Gasteiger partial charge on any atom is -0.310 e. The molecule has 0 saturated carbocycles. The lowest BCUT2D eigenvalue weighted by molar-refractivity contribution is 0.589. The molecule has 0 amide bonds. The number of hydrogen-bond acceptors (Lipinski definition) is 1. The van der Waals surface area contributed by atoms with Crippen LogP contribution in [0.4, 0.5) is 17.1 Å². The first-order valence-corrected chi connectivity index (χ1v) is 23.2. The maximum Gasteiger partial charge on any atom is 0.0734 e. The first kappa shape index (κ1) is 40.5. The largest absolute Gasteiger partial charge is 0.310 e. The Balaban J connectivity index is 1.28. The second kappa shape index (κ2) is 15.2. The Morgan fingerprint density at radius 1 is 0.292 bits per heavy atom. The van der Waals surface area contributed by atoms with Crippen LogP contribution in [0.5, 0.6) is 0 Å². The minimum absolute atomic E-state index is 0.0166. The summed E-state index contributed by atoms with van der Waals surface area (Å²) in [7, 11) is 0. The van der Waals surface area contributed by atoms with Gasteiger partial charge in [0.15, 0.2) is 0 Å². The van der Waals surface area contributed by atoms with Gasteiger partial charge >= 0.3 is 0 Å². The lowest BCUT2D eigenvalue weighted by Gasteiger charge is -2.40. The van der Waals surface area contributed by atoms with Crippen LogP contribution in [0, 0.1) is 0 Å². The Hall–Kier alpha value is -7.22. The number of para-hydroxylation sites is 1. The van der Waals surface area contributed by atoms with Crippen molar-refractivity contribution < 1.29 is 0 Å². The molecule has 11 rings (SSSR count). The van der Waals surface area contributed by atoms with Crippen molar-refractivity contribution in [2.24, 2.45) is 0 Å². The molecular weight excluding hydrogens is 783 g/mol. The summed E-state index contributed by atoms with van der Waals surface area (Å²) in [5, 5.41) is 0. The molecule has 1 heteroatoms. The summed E-state index contributed by atoms with van der Waals surface area (Å²) in [6.45, 7) is 13.8. The highest BCUT2D eigenvalue weighted by Gasteiger charge is 2.51. The predicted octanol–water partition coefficient (Wildman–Crippen LogP) is 16.5. The normalized spacial score (nSPS) is 17.2. The molecule has 0 N–H and O–H groups in total. The van der Waals surface area contributed by atoms with Crippen LogP contribution in [-0.2, 0) is 21.7 Å². The number of nitrogens with zero attached hydrogens (tertiary/aromatic N) is 1. The van der Waals surface area contributed by atoms with Gasteiger partial charge in [-0.3, -0.25) is 0 Å². The van der Waals surface area contributed by atoms with E-state index in [1.165, 1.54) is 77.9 Å². The van der Waals surface area contributed by atoms with Crippen molar-refractivity contribution in [3.05, 3.63) is 280 Å². The zero-order chi connectivity index (χ0) is 44.6. The molecule has 2 atom stereocenters. The van der Waals surface area contributed by atoms with Gasteiger partial charge in [-0.1, -0.05) is 242 Å². The summed E-state index contributed by atoms with van der Waals surface area (Å²) in [5.41, 5.74) is 20.1. The number of anilines is 3. The van der Waals surface area contributed by atoms with Crippen molar-refractivity contribution in [2.45, 2.75) is 63.2 Å². The Bertz CT molecular complexity index is 2990. The van der Waals surface area contributed by atoms with E-state index in [9.17, 15) is 0 Å². The zero-order valence-corrected chi connectivity index (χ0v) is 38.3. The SMILES string of the molecule is CC(C)(C)c1ccc(C2(c3ccccc3)c3ccccc3-c3cccc(N(c4ccccc4)c4cccc5c4C(c4ccccc4)(c4ccc(C(C)(C)C)cc4)c4ccccc4-5)c32)cc1. The lowest BCUT2D eigenvalue weighted by Crippen LogP contribution is -2.32. The second-order valence-electron chi connectivity index (χ2n) is 20.0. The van der Waals surface area contributed by atoms with E-state index in [0.717, 1.165) is 17.1 Å². The van der Waals surface area contributed by atoms with E-state index in [-0.39, 0.29) is 10.8 Å². The van der Waals surface area contributed by atoms with Gasteiger partial charge in [-0.25, -0.2) is 0 Å². The first-order chi connectivity index (χ1) is 31.5. The highest BCUT2D eigenvalue weighted by molar-refractivity contribution is 5.98. The standard InChI is InChI=1S/C64H55N/c1-61(2,3)44-36-40-48(41-37-44)63(46-22-10-7-11-23-46)55-32-18-16-28-51(55)53-30-20-34-57(59(53)63)65(50-26-14-9-15-27-50)58-35-21-31-54-52-29-17-19-33-56(52)64(60(54)58,47-24-12-8-13-25-47)49-42-38-45(39-43-49)62(4,5)6/h7-43H,1-6H3. The maximum absolute atomic E-state index is 2.60. The first-order valence-electron chi connectivity index (χ1n) is 23.2. The third-order valence-electron chi connectivity index (χ3n) is 14.4. The molecule has 0 heterocycles. The van der Waals surface area contributed by atoms with Crippen LogP contribution in [0.2, 0.25) is 0 Å². The van der Waals surface area contributed by atoms with Crippen LogP contribution in [0.3, 0.4) is 0 Å². The molecule has 9 aromatic rings. The van der Waals surface area contributed by atoms with Crippen LogP contribution in [-0.4, -0.2) is 0 Å². The van der Waals surface area contributed by atoms with Crippen LogP contribution >= 0.6 is 0 Å². The lowest BCUT2D eigenvalue weighted by atomic mass is 9.66. The van der Waals surface area contributed by atoms with Crippen molar-refractivity contribution >= 4 is 17.1 Å². The van der Waals surface area contributed by atoms with E-state index >= 15 is 0 Å². The molecule has 1 nitrogen and oxygen atoms in total. The van der Waals surface area contributed by atoms with E-state index in [1.807, 2.05) is 0 Å². The Morgan fingerprint density at radius 2 is 0.615 bits per heavy atom. The summed E-state index contributed by atoms with van der Waals surface area (Å²) < 4.78 is 0. The van der Waals surface area contributed by atoms with Gasteiger partial charge in [0, 0.05) is 16.8 Å². The number of hydrogen-bond donors (Lipinski definition) is 0. The molecule has 2 aliphatic carbocycles. The molecule has 0 spiro atoms. The van der Waals surface area contributed by atoms with Gasteiger partial charge in [0.05, 0.1) is 22.2 Å². The highest BCUT2D eigenvalue weighted by Crippen LogP contribution is 2.63. The Kier molecular flexibility index (Phi) is 9.49. The molecule has 0 fully saturated rings. The Morgan fingerprint density at radius 3 is 1.00 bits per heavy atom.